The number of rotatable bonds is 30. The smallest absolute Gasteiger partial charge is 0.411 e. The molecule has 604 valence electrons. The second-order valence-corrected chi connectivity index (χ2v) is 27.4. The van der Waals surface area contributed by atoms with Gasteiger partial charge in [0.15, 0.2) is 41.4 Å². The summed E-state index contributed by atoms with van der Waals surface area (Å²) >= 11 is 0. The molecule has 6 aliphatic rings. The van der Waals surface area contributed by atoms with Crippen LogP contribution in [0.15, 0.2) is 85.0 Å². The first-order valence-electron chi connectivity index (χ1n) is 35.3. The van der Waals surface area contributed by atoms with Gasteiger partial charge in [0.2, 0.25) is 12.6 Å². The van der Waals surface area contributed by atoms with Crippen LogP contribution in [-0.4, -0.2) is 263 Å². The number of hydrogen-bond acceptors (Lipinski definition) is 31. The van der Waals surface area contributed by atoms with Gasteiger partial charge in [-0.1, -0.05) is 57.2 Å². The molecular formula is C75H93N5O31. The lowest BCUT2D eigenvalue weighted by atomic mass is 9.87. The number of carbonyl (C=O) groups excluding carboxylic acids is 10. The van der Waals surface area contributed by atoms with Crippen LogP contribution in [0.2, 0.25) is 0 Å². The zero-order chi connectivity index (χ0) is 80.6. The van der Waals surface area contributed by atoms with Crippen molar-refractivity contribution >= 4 is 59.4 Å². The number of nitrogens with one attached hydrogen (secondary N) is 3. The fraction of sp³-hybridized carbons (Fsp3) is 0.520. The number of unbranched alkanes of at least 4 members (excludes halogenated alkanes) is 2. The average Bonchev–Trinajstić information content (AvgIpc) is 1.67. The van der Waals surface area contributed by atoms with E-state index in [1.54, 1.807) is 9.80 Å². The molecule has 10 rings (SSSR count). The van der Waals surface area contributed by atoms with Crippen molar-refractivity contribution in [2.24, 2.45) is 5.41 Å². The summed E-state index contributed by atoms with van der Waals surface area (Å²) in [6.07, 6.45) is -12.7. The number of Topliss-reactive ketones (excluding diaryl/α,β-unsaturated/α-hetero) is 1. The minimum atomic E-state index is -1.67. The molecule has 0 aliphatic carbocycles. The van der Waals surface area contributed by atoms with Gasteiger partial charge in [0.1, 0.15) is 61.3 Å². The number of ketones is 1. The van der Waals surface area contributed by atoms with Gasteiger partial charge < -0.3 is 117 Å². The molecule has 6 heterocycles. The van der Waals surface area contributed by atoms with E-state index in [1.807, 2.05) is 20.8 Å². The molecule has 0 aromatic heterocycles. The first-order valence-corrected chi connectivity index (χ1v) is 35.3. The lowest BCUT2D eigenvalue weighted by Crippen LogP contribution is -2.54. The van der Waals surface area contributed by atoms with Gasteiger partial charge in [0, 0.05) is 45.3 Å². The normalized spacial score (nSPS) is 22.5. The highest BCUT2D eigenvalue weighted by Gasteiger charge is 2.45. The van der Waals surface area contributed by atoms with E-state index in [4.69, 9.17) is 90.2 Å². The number of aliphatic hydroxyl groups is 6. The van der Waals surface area contributed by atoms with Crippen molar-refractivity contribution in [3.8, 4) is 34.5 Å². The number of benzene rings is 4. The van der Waals surface area contributed by atoms with Crippen LogP contribution in [0.25, 0.3) is 0 Å². The summed E-state index contributed by atoms with van der Waals surface area (Å²) in [5.74, 6) is -1.40. The SMILES string of the molecule is C=C1C[C@@H](C2OCCO2)N(C(=O)c2cc(OC)c(OCCCCCOc3cc(NC(=O)OCc4ccc(O[C@@H]5OC[C@@H](O)[C@H](O)[C@H]5O)c(C(=O)NCCOC)c4)c(C(=O)N4CC(=C)C[C@H]4C4OCCO4)cc3OC)cc2NC(=O)OCc2ccc(O[C@@H]3OC[C@@H](O)[C@H](O)[C@H]3O)c(C(=O)CC(C)(C)C)c2)C1.O=C=O.O=C=O. The summed E-state index contributed by atoms with van der Waals surface area (Å²) in [4.78, 5) is 120. The zero-order valence-corrected chi connectivity index (χ0v) is 62.0. The Hall–Kier alpha value is -9.98. The predicted molar refractivity (Wildman–Crippen MR) is 379 cm³/mol. The van der Waals surface area contributed by atoms with Gasteiger partial charge in [-0.3, -0.25) is 29.8 Å². The highest BCUT2D eigenvalue weighted by molar-refractivity contribution is 6.05. The number of methoxy groups -OCH3 is 3. The number of carbonyl (C=O) groups is 6. The Kier molecular flexibility index (Phi) is 32.3. The number of nitrogens with zero attached hydrogens (tertiary/aromatic N) is 2. The van der Waals surface area contributed by atoms with E-state index in [2.05, 4.69) is 29.1 Å². The van der Waals surface area contributed by atoms with Gasteiger partial charge in [-0.2, -0.15) is 19.2 Å². The molecule has 6 fully saturated rings. The van der Waals surface area contributed by atoms with Crippen LogP contribution in [0.1, 0.15) is 112 Å². The third-order valence-electron chi connectivity index (χ3n) is 17.9. The van der Waals surface area contributed by atoms with Gasteiger partial charge in [0.25, 0.3) is 17.7 Å². The quantitative estimate of drug-likeness (QED) is 0.0205. The Morgan fingerprint density at radius 1 is 0.523 bits per heavy atom. The third kappa shape index (κ3) is 23.5. The Morgan fingerprint density at radius 3 is 1.34 bits per heavy atom. The molecule has 5 amide bonds. The molecule has 111 heavy (non-hydrogen) atoms. The molecule has 0 unspecified atom stereocenters. The Labute approximate surface area is 637 Å². The van der Waals surface area contributed by atoms with E-state index in [9.17, 15) is 59.4 Å². The third-order valence-corrected chi connectivity index (χ3v) is 17.9. The molecule has 4 aromatic rings. The van der Waals surface area contributed by atoms with Crippen molar-refractivity contribution in [1.82, 2.24) is 15.1 Å². The maximum Gasteiger partial charge on any atom is 0.411 e. The number of anilines is 2. The van der Waals surface area contributed by atoms with Crippen molar-refractivity contribution in [2.75, 3.05) is 111 Å². The van der Waals surface area contributed by atoms with Gasteiger partial charge in [-0.15, -0.1) is 0 Å². The van der Waals surface area contributed by atoms with E-state index < -0.39 is 116 Å². The largest absolute Gasteiger partial charge is 0.493 e. The monoisotopic (exact) mass is 1560 g/mol. The standard InChI is InChI=1S/C73H93N5O27.2CO2/c1-39-24-49(67-96-20-21-97-67)77(33-39)65(87)43-28-56(92-7)58(30-47(43)75-71(89)102-35-41-12-14-54(45(26-41)51(79)32-73(3,4)5)104-69-62(84)60(82)52(80)37-100-69)94-17-10-9-11-18-95-59-31-48(44(29-57(59)93-8)66(88)78-34-40(2)25-50(78)68-98-22-23-99-68)76-72(90)103-36-42-13-15-55(46(27-42)64(86)74-16-19-91-6)105-70-63(85)61(83)53(81)38-101-70;2*2-1-3/h12-15,26-31,49-50,52-53,60-63,67-70,80-85H,1-2,9-11,16-25,32-38H2,3-8H3,(H,74,86)(H,75,89)(H,76,90);;/t49-,50-,52+,53+,60-,61-,62+,63+,69-,70-;;/m0../s1. The first-order chi connectivity index (χ1) is 53.1. The van der Waals surface area contributed by atoms with Gasteiger partial charge >= 0.3 is 24.5 Å². The molecule has 10 atom stereocenters. The number of amides is 5. The summed E-state index contributed by atoms with van der Waals surface area (Å²) in [5, 5.41) is 69.9. The molecule has 9 N–H and O–H groups in total. The van der Waals surface area contributed by atoms with Crippen LogP contribution < -0.4 is 44.4 Å². The molecule has 0 bridgehead atoms. The van der Waals surface area contributed by atoms with E-state index in [0.717, 1.165) is 11.1 Å². The number of aliphatic hydroxyl groups excluding tert-OH is 6. The molecule has 0 saturated carbocycles. The second kappa shape index (κ2) is 41.3. The number of hydrogen-bond donors (Lipinski definition) is 9. The molecule has 6 saturated heterocycles. The first kappa shape index (κ1) is 86.6. The van der Waals surface area contributed by atoms with Crippen molar-refractivity contribution in [3.63, 3.8) is 0 Å². The van der Waals surface area contributed by atoms with E-state index >= 15 is 0 Å². The van der Waals surface area contributed by atoms with Gasteiger partial charge in [-0.25, -0.2) is 9.59 Å². The Bertz CT molecular complexity index is 3960. The molecule has 6 aliphatic heterocycles. The van der Waals surface area contributed by atoms with Gasteiger partial charge in [-0.05, 0) is 85.0 Å². The number of likely N-dealkylation sites (tertiary alicyclic amines) is 2. The second-order valence-electron chi connectivity index (χ2n) is 27.4. The van der Waals surface area contributed by atoms with Gasteiger partial charge in [0.05, 0.1) is 119 Å². The fourth-order valence-corrected chi connectivity index (χ4v) is 12.5. The topological polar surface area (TPSA) is 473 Å². The van der Waals surface area contributed by atoms with Crippen LogP contribution in [-0.2, 0) is 75.0 Å². The Balaban J connectivity index is 0.00000250. The van der Waals surface area contributed by atoms with Crippen LogP contribution >= 0.6 is 0 Å². The molecule has 36 heteroatoms. The van der Waals surface area contributed by atoms with E-state index in [1.165, 1.54) is 82.0 Å². The summed E-state index contributed by atoms with van der Waals surface area (Å²) < 4.78 is 86.6. The van der Waals surface area contributed by atoms with E-state index in [-0.39, 0.29) is 152 Å². The van der Waals surface area contributed by atoms with Crippen molar-refractivity contribution in [2.45, 2.75) is 146 Å². The minimum Gasteiger partial charge on any atom is -0.493 e. The molecule has 4 aromatic carbocycles. The Morgan fingerprint density at radius 2 is 0.937 bits per heavy atom. The number of ether oxygens (including phenoxy) is 15. The van der Waals surface area contributed by atoms with Crippen LogP contribution in [0.3, 0.4) is 0 Å². The zero-order valence-electron chi connectivity index (χ0n) is 62.0. The fourth-order valence-electron chi connectivity index (χ4n) is 12.5. The molecule has 0 radical (unpaired) electrons. The molecule has 36 nitrogen and oxygen atoms in total. The molecular weight excluding hydrogens is 1470 g/mol. The highest BCUT2D eigenvalue weighted by Crippen LogP contribution is 2.41. The minimum absolute atomic E-state index is 0.00126. The summed E-state index contributed by atoms with van der Waals surface area (Å²) in [7, 11) is 4.26. The van der Waals surface area contributed by atoms with Crippen LogP contribution in [0.4, 0.5) is 21.0 Å². The van der Waals surface area contributed by atoms with Crippen LogP contribution in [0.5, 0.6) is 34.5 Å². The van der Waals surface area contributed by atoms with Crippen molar-refractivity contribution < 1.29 is 150 Å². The summed E-state index contributed by atoms with van der Waals surface area (Å²) in [5.41, 5.74) is 1.76. The lowest BCUT2D eigenvalue weighted by Gasteiger charge is -2.35. The van der Waals surface area contributed by atoms with Crippen molar-refractivity contribution in [1.29, 1.82) is 0 Å². The summed E-state index contributed by atoms with van der Waals surface area (Å²) in [6, 6.07) is 13.4. The predicted octanol–water partition coefficient (Wildman–Crippen LogP) is 3.58. The average molecular weight is 1560 g/mol. The van der Waals surface area contributed by atoms with Crippen molar-refractivity contribution in [3.05, 3.63) is 118 Å². The van der Waals surface area contributed by atoms with E-state index in [0.29, 0.717) is 69.7 Å². The maximum absolute atomic E-state index is 14.8. The lowest BCUT2D eigenvalue weighted by molar-refractivity contribution is -0.242. The molecule has 0 spiro atoms. The maximum atomic E-state index is 14.8. The highest BCUT2D eigenvalue weighted by atomic mass is 16.7. The summed E-state index contributed by atoms with van der Waals surface area (Å²) in [6.45, 7) is 14.6. The van der Waals surface area contributed by atoms with Crippen LogP contribution in [0, 0.1) is 5.41 Å².